The van der Waals surface area contributed by atoms with Crippen LogP contribution in [0.1, 0.15) is 75.9 Å². The molecule has 0 aromatic carbocycles. The van der Waals surface area contributed by atoms with E-state index in [1.807, 2.05) is 51.2 Å². The lowest BCUT2D eigenvalue weighted by Crippen LogP contribution is -2.47. The molecule has 0 fully saturated rings. The van der Waals surface area contributed by atoms with Crippen LogP contribution in [0.15, 0.2) is 42.7 Å². The van der Waals surface area contributed by atoms with Gasteiger partial charge in [0.2, 0.25) is 5.91 Å². The van der Waals surface area contributed by atoms with Crippen LogP contribution < -0.4 is 10.6 Å². The summed E-state index contributed by atoms with van der Waals surface area (Å²) < 4.78 is 0. The molecule has 2 heterocycles. The van der Waals surface area contributed by atoms with Crippen LogP contribution in [-0.4, -0.2) is 50.1 Å². The summed E-state index contributed by atoms with van der Waals surface area (Å²) in [6.07, 6.45) is 7.64. The predicted molar refractivity (Wildman–Crippen MR) is 131 cm³/mol. The summed E-state index contributed by atoms with van der Waals surface area (Å²) in [5, 5.41) is 16.1. The van der Waals surface area contributed by atoms with Gasteiger partial charge in [0, 0.05) is 24.5 Å². The molecule has 184 valence electrons. The quantitative estimate of drug-likeness (QED) is 0.455. The lowest BCUT2D eigenvalue weighted by Gasteiger charge is -2.33. The molecule has 34 heavy (non-hydrogen) atoms. The van der Waals surface area contributed by atoms with E-state index in [1.165, 1.54) is 10.5 Å². The van der Waals surface area contributed by atoms with Gasteiger partial charge in [0.25, 0.3) is 0 Å². The van der Waals surface area contributed by atoms with E-state index in [4.69, 9.17) is 0 Å². The lowest BCUT2D eigenvalue weighted by atomic mass is 9.91. The number of aromatic nitrogens is 2. The number of nitrogens with zero attached hydrogens (tertiary/aromatic N) is 3. The molecule has 0 bridgehead atoms. The second-order valence-corrected chi connectivity index (χ2v) is 9.85. The largest absolute Gasteiger partial charge is 0.465 e. The molecule has 0 saturated heterocycles. The molecule has 3 rings (SSSR count). The number of amides is 2. The Hall–Kier alpha value is -3.00. The Bertz CT molecular complexity index is 945. The zero-order valence-electron chi connectivity index (χ0n) is 20.5. The fraction of sp³-hybridized carbons (Fsp3) is 0.538. The third-order valence-electron chi connectivity index (χ3n) is 6.25. The monoisotopic (exact) mass is 467 g/mol. The first kappa shape index (κ1) is 25.6. The Kier molecular flexibility index (Phi) is 8.98. The van der Waals surface area contributed by atoms with Crippen molar-refractivity contribution in [3.05, 3.63) is 59.7 Å². The van der Waals surface area contributed by atoms with Crippen molar-refractivity contribution in [1.82, 2.24) is 25.5 Å². The van der Waals surface area contributed by atoms with Gasteiger partial charge in [0.15, 0.2) is 0 Å². The summed E-state index contributed by atoms with van der Waals surface area (Å²) in [6.45, 7) is 6.49. The Labute approximate surface area is 202 Å². The van der Waals surface area contributed by atoms with E-state index in [1.54, 1.807) is 6.20 Å². The SMILES string of the molecule is CC(C)(C)N(CCCCC(NC1CCCc2cccnc21)C(=O)NCc1ccccn1)C(=O)O. The van der Waals surface area contributed by atoms with Crippen LogP contribution >= 0.6 is 0 Å². The van der Waals surface area contributed by atoms with E-state index < -0.39 is 17.7 Å². The molecule has 1 aliphatic rings. The van der Waals surface area contributed by atoms with Crippen LogP contribution in [0, 0.1) is 0 Å². The van der Waals surface area contributed by atoms with Crippen LogP contribution in [0.25, 0.3) is 0 Å². The zero-order valence-corrected chi connectivity index (χ0v) is 20.5. The lowest BCUT2D eigenvalue weighted by molar-refractivity contribution is -0.123. The molecular weight excluding hydrogens is 430 g/mol. The predicted octanol–water partition coefficient (Wildman–Crippen LogP) is 4.08. The number of fused-ring (bicyclic) bond motifs is 1. The summed E-state index contributed by atoms with van der Waals surface area (Å²) >= 11 is 0. The number of unbranched alkanes of at least 4 members (excludes halogenated alkanes) is 1. The van der Waals surface area contributed by atoms with Gasteiger partial charge in [-0.15, -0.1) is 0 Å². The van der Waals surface area contributed by atoms with Crippen molar-refractivity contribution in [2.45, 2.75) is 83.5 Å². The maximum atomic E-state index is 13.2. The number of hydrogen-bond acceptors (Lipinski definition) is 5. The topological polar surface area (TPSA) is 107 Å². The zero-order chi connectivity index (χ0) is 24.6. The van der Waals surface area contributed by atoms with Crippen molar-refractivity contribution in [3.8, 4) is 0 Å². The van der Waals surface area contributed by atoms with Gasteiger partial charge in [-0.25, -0.2) is 4.79 Å². The number of carbonyl (C=O) groups excluding carboxylic acids is 1. The van der Waals surface area contributed by atoms with Gasteiger partial charge in [-0.3, -0.25) is 20.1 Å². The highest BCUT2D eigenvalue weighted by Gasteiger charge is 2.28. The van der Waals surface area contributed by atoms with Crippen molar-refractivity contribution in [3.63, 3.8) is 0 Å². The van der Waals surface area contributed by atoms with E-state index in [0.29, 0.717) is 25.9 Å². The van der Waals surface area contributed by atoms with Gasteiger partial charge in [0.05, 0.1) is 30.0 Å². The number of hydrogen-bond donors (Lipinski definition) is 3. The summed E-state index contributed by atoms with van der Waals surface area (Å²) in [6, 6.07) is 9.34. The second-order valence-electron chi connectivity index (χ2n) is 9.85. The fourth-order valence-corrected chi connectivity index (χ4v) is 4.44. The van der Waals surface area contributed by atoms with Crippen LogP contribution in [0.4, 0.5) is 4.79 Å². The summed E-state index contributed by atoms with van der Waals surface area (Å²) in [4.78, 5) is 35.1. The minimum Gasteiger partial charge on any atom is -0.465 e. The highest BCUT2D eigenvalue weighted by molar-refractivity contribution is 5.81. The number of pyridine rings is 2. The van der Waals surface area contributed by atoms with Crippen molar-refractivity contribution >= 4 is 12.0 Å². The smallest absolute Gasteiger partial charge is 0.407 e. The molecule has 0 radical (unpaired) electrons. The number of nitrogens with one attached hydrogen (secondary N) is 2. The maximum absolute atomic E-state index is 13.2. The van der Waals surface area contributed by atoms with Gasteiger partial charge in [-0.05, 0) is 83.1 Å². The molecule has 2 aromatic rings. The summed E-state index contributed by atoms with van der Waals surface area (Å²) in [5.41, 5.74) is 2.62. The molecule has 2 unspecified atom stereocenters. The summed E-state index contributed by atoms with van der Waals surface area (Å²) in [5.74, 6) is -0.0698. The maximum Gasteiger partial charge on any atom is 0.407 e. The van der Waals surface area contributed by atoms with Crippen molar-refractivity contribution in [2.24, 2.45) is 0 Å². The van der Waals surface area contributed by atoms with E-state index in [0.717, 1.165) is 37.1 Å². The Morgan fingerprint density at radius 1 is 1.15 bits per heavy atom. The molecule has 0 aliphatic heterocycles. The number of carbonyl (C=O) groups is 2. The number of carboxylic acid groups (broad SMARTS) is 1. The van der Waals surface area contributed by atoms with Crippen molar-refractivity contribution in [2.75, 3.05) is 6.54 Å². The third-order valence-corrected chi connectivity index (χ3v) is 6.25. The molecule has 2 amide bonds. The van der Waals surface area contributed by atoms with Gasteiger partial charge in [-0.2, -0.15) is 0 Å². The Balaban J connectivity index is 1.64. The minimum absolute atomic E-state index is 0.0284. The molecule has 1 aliphatic carbocycles. The van der Waals surface area contributed by atoms with E-state index in [9.17, 15) is 14.7 Å². The van der Waals surface area contributed by atoms with E-state index in [2.05, 4.69) is 26.7 Å². The van der Waals surface area contributed by atoms with Crippen LogP contribution in [-0.2, 0) is 17.8 Å². The van der Waals surface area contributed by atoms with Crippen LogP contribution in [0.2, 0.25) is 0 Å². The molecule has 8 heteroatoms. The molecule has 3 N–H and O–H groups in total. The van der Waals surface area contributed by atoms with Gasteiger partial charge in [0.1, 0.15) is 0 Å². The van der Waals surface area contributed by atoms with Crippen molar-refractivity contribution < 1.29 is 14.7 Å². The molecule has 2 aromatic heterocycles. The fourth-order valence-electron chi connectivity index (χ4n) is 4.44. The van der Waals surface area contributed by atoms with Gasteiger partial charge >= 0.3 is 6.09 Å². The molecule has 2 atom stereocenters. The normalized spacial score (nSPS) is 16.4. The highest BCUT2D eigenvalue weighted by Crippen LogP contribution is 2.28. The standard InChI is InChI=1S/C26H37N5O3/c1-26(2,3)31(25(33)34)17-7-5-13-22(24(32)29-18-20-12-4-6-15-27-20)30-21-14-8-10-19-11-9-16-28-23(19)21/h4,6,9,11-12,15-16,21-22,30H,5,7-8,10,13-14,17-18H2,1-3H3,(H,29,32)(H,33,34). The summed E-state index contributed by atoms with van der Waals surface area (Å²) in [7, 11) is 0. The first-order chi connectivity index (χ1) is 16.3. The van der Waals surface area contributed by atoms with Crippen molar-refractivity contribution in [1.29, 1.82) is 0 Å². The molecule has 8 nitrogen and oxygen atoms in total. The first-order valence-corrected chi connectivity index (χ1v) is 12.1. The minimum atomic E-state index is -0.917. The molecule has 0 spiro atoms. The average molecular weight is 468 g/mol. The first-order valence-electron chi connectivity index (χ1n) is 12.1. The van der Waals surface area contributed by atoms with Crippen LogP contribution in [0.5, 0.6) is 0 Å². The Morgan fingerprint density at radius 2 is 1.94 bits per heavy atom. The molecule has 0 saturated carbocycles. The number of aryl methyl sites for hydroxylation is 1. The second kappa shape index (κ2) is 11.9. The van der Waals surface area contributed by atoms with Gasteiger partial charge < -0.3 is 15.3 Å². The number of rotatable bonds is 10. The van der Waals surface area contributed by atoms with Crippen LogP contribution in [0.3, 0.4) is 0 Å². The molecular formula is C26H37N5O3. The average Bonchev–Trinajstić information content (AvgIpc) is 2.81. The highest BCUT2D eigenvalue weighted by atomic mass is 16.4. The third kappa shape index (κ3) is 7.25. The Morgan fingerprint density at radius 3 is 2.65 bits per heavy atom. The van der Waals surface area contributed by atoms with E-state index in [-0.39, 0.29) is 11.9 Å². The van der Waals surface area contributed by atoms with Gasteiger partial charge in [-0.1, -0.05) is 12.1 Å². The van der Waals surface area contributed by atoms with E-state index >= 15 is 0 Å².